The molecular formula is C10H24O7P2. The van der Waals surface area contributed by atoms with E-state index in [1.54, 1.807) is 0 Å². The summed E-state index contributed by atoms with van der Waals surface area (Å²) < 4.78 is 22.1. The largest absolute Gasteiger partial charge is 0.369 e. The summed E-state index contributed by atoms with van der Waals surface area (Å²) in [5, 5.41) is 6.35. The Morgan fingerprint density at radius 3 is 1.68 bits per heavy atom. The summed E-state index contributed by atoms with van der Waals surface area (Å²) in [5.41, 5.74) is 0. The van der Waals surface area contributed by atoms with Crippen LogP contribution in [0.5, 0.6) is 0 Å². The minimum absolute atomic E-state index is 0.158. The summed E-state index contributed by atoms with van der Waals surface area (Å²) in [6.45, 7) is 4.17. The lowest BCUT2D eigenvalue weighted by Crippen LogP contribution is -2.28. The van der Waals surface area contributed by atoms with Crippen LogP contribution in [0.15, 0.2) is 0 Å². The van der Waals surface area contributed by atoms with Gasteiger partial charge in [0.1, 0.15) is 0 Å². The van der Waals surface area contributed by atoms with Crippen LogP contribution in [0.2, 0.25) is 0 Å². The fraction of sp³-hybridized carbons (Fsp3) is 1.00. The molecule has 0 aromatic carbocycles. The third-order valence-electron chi connectivity index (χ3n) is 2.98. The van der Waals surface area contributed by atoms with Gasteiger partial charge < -0.3 is 24.7 Å². The van der Waals surface area contributed by atoms with Gasteiger partial charge in [0.15, 0.2) is 0 Å². The Hall–Kier alpha value is 0.260. The fourth-order valence-electron chi connectivity index (χ4n) is 1.73. The molecule has 0 saturated heterocycles. The first-order valence-electron chi connectivity index (χ1n) is 6.25. The second-order valence-corrected chi connectivity index (χ2v) is 9.22. The molecule has 116 valence electrons. The van der Waals surface area contributed by atoms with Gasteiger partial charge in [-0.15, -0.1) is 0 Å². The average Bonchev–Trinajstić information content (AvgIpc) is 2.19. The van der Waals surface area contributed by atoms with Gasteiger partial charge in [-0.25, -0.2) is 0 Å². The quantitative estimate of drug-likeness (QED) is 0.324. The van der Waals surface area contributed by atoms with Gasteiger partial charge in [0.25, 0.3) is 5.08 Å². The highest BCUT2D eigenvalue weighted by molar-refractivity contribution is 7.72. The summed E-state index contributed by atoms with van der Waals surface area (Å²) >= 11 is 0. The van der Waals surface area contributed by atoms with E-state index in [1.807, 2.05) is 0 Å². The zero-order valence-electron chi connectivity index (χ0n) is 11.3. The van der Waals surface area contributed by atoms with Crippen molar-refractivity contribution in [2.45, 2.75) is 57.5 Å². The highest BCUT2D eigenvalue weighted by Gasteiger charge is 2.58. The number of rotatable bonds is 9. The molecule has 0 rings (SSSR count). The van der Waals surface area contributed by atoms with Gasteiger partial charge in [-0.1, -0.05) is 39.5 Å². The van der Waals surface area contributed by atoms with Crippen molar-refractivity contribution in [3.63, 3.8) is 0 Å². The van der Waals surface area contributed by atoms with E-state index in [0.717, 1.165) is 19.3 Å². The van der Waals surface area contributed by atoms with Crippen LogP contribution < -0.4 is 0 Å². The van der Waals surface area contributed by atoms with Gasteiger partial charge in [-0.05, 0) is 18.8 Å². The highest BCUT2D eigenvalue weighted by atomic mass is 31.2. The fourth-order valence-corrected chi connectivity index (χ4v) is 3.99. The molecule has 19 heavy (non-hydrogen) atoms. The lowest BCUT2D eigenvalue weighted by Gasteiger charge is -2.29. The molecule has 0 saturated carbocycles. The Bertz CT molecular complexity index is 335. The van der Waals surface area contributed by atoms with Crippen LogP contribution in [-0.2, 0) is 9.13 Å². The summed E-state index contributed by atoms with van der Waals surface area (Å²) in [4.78, 5) is 35.7. The van der Waals surface area contributed by atoms with Gasteiger partial charge in [-0.2, -0.15) is 0 Å². The maximum absolute atomic E-state index is 11.1. The number of unbranched alkanes of at least 4 members (excludes halogenated alkanes) is 3. The van der Waals surface area contributed by atoms with E-state index in [-0.39, 0.29) is 6.42 Å². The molecule has 7 nitrogen and oxygen atoms in total. The number of hydrogen-bond donors (Lipinski definition) is 5. The first-order chi connectivity index (χ1) is 8.42. The van der Waals surface area contributed by atoms with Gasteiger partial charge in [0.05, 0.1) is 0 Å². The summed E-state index contributed by atoms with van der Waals surface area (Å²) in [6.07, 6.45) is 2.89. The first-order valence-corrected chi connectivity index (χ1v) is 9.48. The zero-order valence-corrected chi connectivity index (χ0v) is 13.1. The van der Waals surface area contributed by atoms with E-state index in [9.17, 15) is 14.2 Å². The maximum atomic E-state index is 11.1. The molecular weight excluding hydrogens is 294 g/mol. The summed E-state index contributed by atoms with van der Waals surface area (Å²) in [5.74, 6) is 0.571. The molecule has 0 atom stereocenters. The Kier molecular flexibility index (Phi) is 7.42. The Labute approximate surface area is 113 Å². The standard InChI is InChI=1S/C10H24O7P2/c1-9(2)7-5-3-4-6-8-10(11,18(12,13)14)19(15,16)17/h9,11H,3-8H2,1-2H3,(H2,12,13,14)(H2,15,16,17). The molecule has 0 aromatic rings. The van der Waals surface area contributed by atoms with Crippen LogP contribution in [0, 0.1) is 5.92 Å². The molecule has 0 aliphatic rings. The predicted octanol–water partition coefficient (Wildman–Crippen LogP) is 1.98. The molecule has 0 radical (unpaired) electrons. The lowest BCUT2D eigenvalue weighted by molar-refractivity contribution is 0.120. The number of hydrogen-bond acceptors (Lipinski definition) is 3. The monoisotopic (exact) mass is 318 g/mol. The molecule has 9 heteroatoms. The van der Waals surface area contributed by atoms with Gasteiger partial charge >= 0.3 is 15.2 Å². The van der Waals surface area contributed by atoms with Crippen molar-refractivity contribution < 1.29 is 33.8 Å². The molecule has 0 aromatic heterocycles. The van der Waals surface area contributed by atoms with Crippen molar-refractivity contribution in [3.8, 4) is 0 Å². The first kappa shape index (κ1) is 19.3. The molecule has 0 spiro atoms. The van der Waals surface area contributed by atoms with Crippen LogP contribution in [0.1, 0.15) is 52.4 Å². The normalized spacial score (nSPS) is 14.1. The molecule has 0 bridgehead atoms. The zero-order chi connectivity index (χ0) is 15.3. The van der Waals surface area contributed by atoms with Crippen LogP contribution in [0.4, 0.5) is 0 Å². The Balaban J connectivity index is 4.33. The van der Waals surface area contributed by atoms with Gasteiger partial charge in [0.2, 0.25) is 0 Å². The minimum Gasteiger partial charge on any atom is -0.368 e. The molecule has 0 heterocycles. The Morgan fingerprint density at radius 1 is 0.895 bits per heavy atom. The van der Waals surface area contributed by atoms with Crippen LogP contribution in [-0.4, -0.2) is 29.8 Å². The van der Waals surface area contributed by atoms with Crippen molar-refractivity contribution in [3.05, 3.63) is 0 Å². The van der Waals surface area contributed by atoms with Crippen LogP contribution in [0.25, 0.3) is 0 Å². The Morgan fingerprint density at radius 2 is 1.32 bits per heavy atom. The van der Waals surface area contributed by atoms with E-state index >= 15 is 0 Å². The average molecular weight is 318 g/mol. The van der Waals surface area contributed by atoms with Gasteiger partial charge in [0, 0.05) is 0 Å². The molecule has 0 fully saturated rings. The van der Waals surface area contributed by atoms with Crippen molar-refractivity contribution in [1.29, 1.82) is 0 Å². The van der Waals surface area contributed by atoms with Crippen LogP contribution >= 0.6 is 15.2 Å². The smallest absolute Gasteiger partial charge is 0.368 e. The summed E-state index contributed by atoms with van der Waals surface area (Å²) in [6, 6.07) is 0. The molecule has 0 aliphatic carbocycles. The second kappa shape index (κ2) is 7.32. The predicted molar refractivity (Wildman–Crippen MR) is 71.6 cm³/mol. The molecule has 5 N–H and O–H groups in total. The SMILES string of the molecule is CC(C)CCCCCCC(O)(P(=O)(O)O)P(=O)(O)O. The lowest BCUT2D eigenvalue weighted by atomic mass is 10.0. The van der Waals surface area contributed by atoms with Crippen molar-refractivity contribution >= 4 is 15.2 Å². The van der Waals surface area contributed by atoms with Crippen molar-refractivity contribution in [2.24, 2.45) is 5.92 Å². The maximum Gasteiger partial charge on any atom is 0.369 e. The molecule has 0 aliphatic heterocycles. The molecule has 0 unspecified atom stereocenters. The van der Waals surface area contributed by atoms with Crippen molar-refractivity contribution in [2.75, 3.05) is 0 Å². The van der Waals surface area contributed by atoms with Gasteiger partial charge in [-0.3, -0.25) is 9.13 Å². The van der Waals surface area contributed by atoms with E-state index in [1.165, 1.54) is 0 Å². The third kappa shape index (κ3) is 6.05. The summed E-state index contributed by atoms with van der Waals surface area (Å²) in [7, 11) is -10.6. The van der Waals surface area contributed by atoms with Crippen molar-refractivity contribution in [1.82, 2.24) is 0 Å². The second-order valence-electron chi connectivity index (χ2n) is 5.21. The van der Waals surface area contributed by atoms with E-state index in [4.69, 9.17) is 19.6 Å². The third-order valence-corrected chi connectivity index (χ3v) is 6.85. The number of aliphatic hydroxyl groups is 1. The minimum atomic E-state index is -5.29. The highest BCUT2D eigenvalue weighted by Crippen LogP contribution is 2.69. The molecule has 0 amide bonds. The topological polar surface area (TPSA) is 135 Å². The van der Waals surface area contributed by atoms with Crippen LogP contribution in [0.3, 0.4) is 0 Å². The van der Waals surface area contributed by atoms with E-state index in [0.29, 0.717) is 12.3 Å². The van der Waals surface area contributed by atoms with E-state index in [2.05, 4.69) is 13.8 Å². The van der Waals surface area contributed by atoms with E-state index < -0.39 is 26.7 Å².